The van der Waals surface area contributed by atoms with Crippen molar-refractivity contribution in [2.45, 2.75) is 58.7 Å². The number of aliphatic hydroxyl groups is 1. The number of aliphatic hydroxyl groups excluding tert-OH is 1. The normalized spacial score (nSPS) is 30.3. The fraction of sp³-hybridized carbons (Fsp3) is 0.625. The molecule has 0 amide bonds. The molecule has 19 heavy (non-hydrogen) atoms. The van der Waals surface area contributed by atoms with Crippen LogP contribution in [0.3, 0.4) is 0 Å². The smallest absolute Gasteiger partial charge is 0.123 e. The van der Waals surface area contributed by atoms with Gasteiger partial charge in [0.1, 0.15) is 11.9 Å². The first kappa shape index (κ1) is 14.9. The minimum atomic E-state index is -0.236. The van der Waals surface area contributed by atoms with E-state index in [9.17, 15) is 5.11 Å². The molecule has 106 valence electrons. The van der Waals surface area contributed by atoms with E-state index in [0.29, 0.717) is 5.92 Å². The summed E-state index contributed by atoms with van der Waals surface area (Å²) in [5.41, 5.74) is 1.11. The Balaban J connectivity index is 2.21. The number of hydrogen-bond donors (Lipinski definition) is 1. The van der Waals surface area contributed by atoms with Crippen LogP contribution in [0.25, 0.3) is 0 Å². The monoisotopic (exact) mass is 326 g/mol. The minimum absolute atomic E-state index is 0.110. The zero-order valence-corrected chi connectivity index (χ0v) is 13.7. The van der Waals surface area contributed by atoms with Crippen LogP contribution in [0.2, 0.25) is 0 Å². The fourth-order valence-corrected chi connectivity index (χ4v) is 3.05. The molecule has 1 aromatic rings. The lowest BCUT2D eigenvalue weighted by Crippen LogP contribution is -2.57. The van der Waals surface area contributed by atoms with E-state index in [1.165, 1.54) is 5.56 Å². The summed E-state index contributed by atoms with van der Waals surface area (Å²) in [6.07, 6.45) is 1.55. The van der Waals surface area contributed by atoms with E-state index in [0.717, 1.165) is 23.1 Å². The summed E-state index contributed by atoms with van der Waals surface area (Å²) >= 11 is 3.51. The molecule has 0 radical (unpaired) electrons. The molecule has 1 aliphatic rings. The lowest BCUT2D eigenvalue weighted by Gasteiger charge is -2.50. The van der Waals surface area contributed by atoms with E-state index in [-0.39, 0.29) is 17.6 Å². The van der Waals surface area contributed by atoms with Gasteiger partial charge in [0.05, 0.1) is 6.10 Å². The zero-order chi connectivity index (χ0) is 14.2. The van der Waals surface area contributed by atoms with Crippen LogP contribution in [-0.2, 0) is 0 Å². The standard InChI is InChI=1S/C16H23BrO2/c1-5-16(4)14(18)9-15(16)19-13-7-6-11(17)8-12(13)10(2)3/h6-8,10,14-15,18H,5,9H2,1-4H3. The number of benzene rings is 1. The molecule has 0 bridgehead atoms. The molecule has 2 rings (SSSR count). The van der Waals surface area contributed by atoms with Crippen molar-refractivity contribution in [3.05, 3.63) is 28.2 Å². The van der Waals surface area contributed by atoms with Crippen molar-refractivity contribution in [1.82, 2.24) is 0 Å². The maximum atomic E-state index is 9.95. The highest BCUT2D eigenvalue weighted by molar-refractivity contribution is 9.10. The van der Waals surface area contributed by atoms with Crippen LogP contribution in [0.4, 0.5) is 0 Å². The maximum Gasteiger partial charge on any atom is 0.123 e. The van der Waals surface area contributed by atoms with Crippen molar-refractivity contribution in [2.24, 2.45) is 5.41 Å². The van der Waals surface area contributed by atoms with Crippen molar-refractivity contribution < 1.29 is 9.84 Å². The van der Waals surface area contributed by atoms with Gasteiger partial charge in [-0.1, -0.05) is 43.6 Å². The van der Waals surface area contributed by atoms with E-state index in [4.69, 9.17) is 4.74 Å². The van der Waals surface area contributed by atoms with Gasteiger partial charge in [0.2, 0.25) is 0 Å². The summed E-state index contributed by atoms with van der Waals surface area (Å²) in [5.74, 6) is 1.38. The van der Waals surface area contributed by atoms with Crippen molar-refractivity contribution >= 4 is 15.9 Å². The molecule has 0 aliphatic heterocycles. The summed E-state index contributed by atoms with van der Waals surface area (Å²) in [5, 5.41) is 9.95. The third kappa shape index (κ3) is 2.68. The Morgan fingerprint density at radius 2 is 2.16 bits per heavy atom. The number of halogens is 1. The highest BCUT2D eigenvalue weighted by atomic mass is 79.9. The lowest BCUT2D eigenvalue weighted by molar-refractivity contribution is -0.147. The predicted octanol–water partition coefficient (Wildman–Crippen LogP) is 4.50. The predicted molar refractivity (Wildman–Crippen MR) is 81.7 cm³/mol. The molecular weight excluding hydrogens is 304 g/mol. The second kappa shape index (κ2) is 5.45. The third-order valence-corrected chi connectivity index (χ3v) is 5.05. The van der Waals surface area contributed by atoms with Gasteiger partial charge in [-0.2, -0.15) is 0 Å². The van der Waals surface area contributed by atoms with Gasteiger partial charge in [-0.05, 0) is 36.1 Å². The molecule has 0 aromatic heterocycles. The second-order valence-corrected chi connectivity index (χ2v) is 6.97. The van der Waals surface area contributed by atoms with E-state index in [1.54, 1.807) is 0 Å². The van der Waals surface area contributed by atoms with E-state index in [2.05, 4.69) is 49.7 Å². The third-order valence-electron chi connectivity index (χ3n) is 4.56. The van der Waals surface area contributed by atoms with Crippen LogP contribution in [-0.4, -0.2) is 17.3 Å². The minimum Gasteiger partial charge on any atom is -0.489 e. The van der Waals surface area contributed by atoms with Gasteiger partial charge in [-0.25, -0.2) is 0 Å². The van der Waals surface area contributed by atoms with Crippen LogP contribution >= 0.6 is 15.9 Å². The molecule has 2 nitrogen and oxygen atoms in total. The molecule has 1 aromatic carbocycles. The average molecular weight is 327 g/mol. The van der Waals surface area contributed by atoms with Crippen molar-refractivity contribution in [3.8, 4) is 5.75 Å². The Hall–Kier alpha value is -0.540. The Labute approximate surface area is 124 Å². The largest absolute Gasteiger partial charge is 0.489 e. The fourth-order valence-electron chi connectivity index (χ4n) is 2.67. The quantitative estimate of drug-likeness (QED) is 0.882. The van der Waals surface area contributed by atoms with Crippen LogP contribution in [0.15, 0.2) is 22.7 Å². The van der Waals surface area contributed by atoms with Gasteiger partial charge >= 0.3 is 0 Å². The molecule has 3 heteroatoms. The van der Waals surface area contributed by atoms with E-state index < -0.39 is 0 Å². The van der Waals surface area contributed by atoms with Crippen LogP contribution < -0.4 is 4.74 Å². The Morgan fingerprint density at radius 1 is 1.47 bits per heavy atom. The SMILES string of the molecule is CCC1(C)C(O)CC1Oc1ccc(Br)cc1C(C)C. The summed E-state index contributed by atoms with van der Waals surface area (Å²) in [6.45, 7) is 8.57. The lowest BCUT2D eigenvalue weighted by atomic mass is 9.63. The molecule has 0 saturated heterocycles. The average Bonchev–Trinajstić information content (AvgIpc) is 2.38. The van der Waals surface area contributed by atoms with Crippen LogP contribution in [0.5, 0.6) is 5.75 Å². The van der Waals surface area contributed by atoms with Gasteiger partial charge in [0.25, 0.3) is 0 Å². The van der Waals surface area contributed by atoms with Gasteiger partial charge in [-0.3, -0.25) is 0 Å². The van der Waals surface area contributed by atoms with E-state index in [1.807, 2.05) is 12.1 Å². The van der Waals surface area contributed by atoms with E-state index >= 15 is 0 Å². The maximum absolute atomic E-state index is 9.95. The highest BCUT2D eigenvalue weighted by Crippen LogP contribution is 2.46. The summed E-state index contributed by atoms with van der Waals surface area (Å²) in [4.78, 5) is 0. The first-order chi connectivity index (χ1) is 8.88. The summed E-state index contributed by atoms with van der Waals surface area (Å²) < 4.78 is 7.27. The molecule has 0 heterocycles. The Bertz CT molecular complexity index is 458. The number of rotatable bonds is 4. The molecule has 1 N–H and O–H groups in total. The molecule has 1 aliphatic carbocycles. The number of hydrogen-bond acceptors (Lipinski definition) is 2. The summed E-state index contributed by atoms with van der Waals surface area (Å²) in [6, 6.07) is 6.16. The molecular formula is C16H23BrO2. The van der Waals surface area contributed by atoms with Crippen molar-refractivity contribution in [1.29, 1.82) is 0 Å². The molecule has 1 saturated carbocycles. The summed E-state index contributed by atoms with van der Waals surface area (Å²) in [7, 11) is 0. The number of ether oxygens (including phenoxy) is 1. The van der Waals surface area contributed by atoms with Gasteiger partial charge in [0.15, 0.2) is 0 Å². The molecule has 3 atom stereocenters. The van der Waals surface area contributed by atoms with Crippen molar-refractivity contribution in [3.63, 3.8) is 0 Å². The second-order valence-electron chi connectivity index (χ2n) is 6.05. The topological polar surface area (TPSA) is 29.5 Å². The first-order valence-corrected chi connectivity index (χ1v) is 7.82. The van der Waals surface area contributed by atoms with Crippen molar-refractivity contribution in [2.75, 3.05) is 0 Å². The Kier molecular flexibility index (Phi) is 4.26. The molecule has 0 spiro atoms. The Morgan fingerprint density at radius 3 is 2.68 bits per heavy atom. The van der Waals surface area contributed by atoms with Gasteiger partial charge in [0, 0.05) is 16.3 Å². The highest BCUT2D eigenvalue weighted by Gasteiger charge is 2.51. The van der Waals surface area contributed by atoms with Crippen LogP contribution in [0.1, 0.15) is 52.0 Å². The molecule has 1 fully saturated rings. The van der Waals surface area contributed by atoms with Gasteiger partial charge in [-0.15, -0.1) is 0 Å². The zero-order valence-electron chi connectivity index (χ0n) is 12.1. The molecule has 3 unspecified atom stereocenters. The van der Waals surface area contributed by atoms with Crippen LogP contribution in [0, 0.1) is 5.41 Å². The first-order valence-electron chi connectivity index (χ1n) is 7.02. The van der Waals surface area contributed by atoms with Gasteiger partial charge < -0.3 is 9.84 Å².